The Kier molecular flexibility index (Phi) is 7.53. The Morgan fingerprint density at radius 1 is 1.30 bits per heavy atom. The van der Waals surface area contributed by atoms with Gasteiger partial charge in [0.15, 0.2) is 0 Å². The minimum Gasteiger partial charge on any atom is -0.356 e. The number of nitrogens with one attached hydrogen (secondary N) is 1. The van der Waals surface area contributed by atoms with Gasteiger partial charge in [0, 0.05) is 25.6 Å². The smallest absolute Gasteiger partial charge is 0.220 e. The lowest BCUT2D eigenvalue weighted by Crippen LogP contribution is -2.40. The third kappa shape index (κ3) is 6.30. The van der Waals surface area contributed by atoms with E-state index in [0.717, 1.165) is 31.1 Å². The van der Waals surface area contributed by atoms with Crippen molar-refractivity contribution in [3.05, 3.63) is 35.6 Å². The first-order valence-electron chi connectivity index (χ1n) is 8.94. The van der Waals surface area contributed by atoms with Crippen LogP contribution in [0.15, 0.2) is 24.3 Å². The summed E-state index contributed by atoms with van der Waals surface area (Å²) in [6.07, 6.45) is 7.35. The average Bonchev–Trinajstić information content (AvgIpc) is 2.58. The number of halogens is 1. The van der Waals surface area contributed by atoms with E-state index in [1.165, 1.54) is 44.4 Å². The molecule has 1 fully saturated rings. The number of nitrogens with zero attached hydrogens (tertiary/aromatic N) is 1. The summed E-state index contributed by atoms with van der Waals surface area (Å²) in [4.78, 5) is 14.4. The number of aryl methyl sites for hydroxylation is 1. The molecule has 0 aromatic heterocycles. The van der Waals surface area contributed by atoms with Gasteiger partial charge in [-0.3, -0.25) is 4.79 Å². The van der Waals surface area contributed by atoms with Crippen LogP contribution in [0.1, 0.15) is 51.0 Å². The molecule has 128 valence electrons. The highest BCUT2D eigenvalue weighted by Crippen LogP contribution is 2.19. The lowest BCUT2D eigenvalue weighted by Gasteiger charge is -2.35. The van der Waals surface area contributed by atoms with Crippen LogP contribution in [0.25, 0.3) is 0 Å². The maximum Gasteiger partial charge on any atom is 0.220 e. The van der Waals surface area contributed by atoms with Crippen molar-refractivity contribution in [3.8, 4) is 0 Å². The molecule has 1 N–H and O–H groups in total. The molecule has 1 aromatic carbocycles. The molecular formula is C19H29FN2O. The van der Waals surface area contributed by atoms with Gasteiger partial charge in [0.2, 0.25) is 5.91 Å². The van der Waals surface area contributed by atoms with Gasteiger partial charge in [-0.2, -0.15) is 0 Å². The number of hydrogen-bond acceptors (Lipinski definition) is 2. The minimum absolute atomic E-state index is 0.0833. The van der Waals surface area contributed by atoms with Gasteiger partial charge in [0.05, 0.1) is 0 Å². The molecule has 0 bridgehead atoms. The van der Waals surface area contributed by atoms with Crippen LogP contribution in [-0.2, 0) is 11.2 Å². The van der Waals surface area contributed by atoms with Crippen molar-refractivity contribution >= 4 is 5.91 Å². The number of piperidine rings is 1. The topological polar surface area (TPSA) is 32.3 Å². The van der Waals surface area contributed by atoms with Crippen molar-refractivity contribution in [3.63, 3.8) is 0 Å². The fraction of sp³-hybridized carbons (Fsp3) is 0.632. The monoisotopic (exact) mass is 320 g/mol. The molecule has 0 aliphatic carbocycles. The summed E-state index contributed by atoms with van der Waals surface area (Å²) in [7, 11) is 0. The second kappa shape index (κ2) is 9.66. The minimum atomic E-state index is -0.235. The van der Waals surface area contributed by atoms with Crippen LogP contribution >= 0.6 is 0 Å². The Balaban J connectivity index is 1.58. The second-order valence-corrected chi connectivity index (χ2v) is 6.42. The van der Waals surface area contributed by atoms with E-state index >= 15 is 0 Å². The number of likely N-dealkylation sites (tertiary alicyclic amines) is 1. The van der Waals surface area contributed by atoms with Crippen LogP contribution in [0.2, 0.25) is 0 Å². The predicted octanol–water partition coefficient (Wildman–Crippen LogP) is 3.53. The molecule has 1 saturated heterocycles. The zero-order chi connectivity index (χ0) is 16.5. The zero-order valence-corrected chi connectivity index (χ0v) is 14.2. The van der Waals surface area contributed by atoms with E-state index in [1.54, 1.807) is 12.1 Å². The molecule has 0 spiro atoms. The largest absolute Gasteiger partial charge is 0.356 e. The molecule has 0 radical (unpaired) electrons. The van der Waals surface area contributed by atoms with Crippen molar-refractivity contribution in [1.29, 1.82) is 0 Å². The molecule has 1 heterocycles. The summed E-state index contributed by atoms with van der Waals surface area (Å²) in [5.74, 6) is -0.152. The van der Waals surface area contributed by atoms with Crippen molar-refractivity contribution in [2.24, 2.45) is 0 Å². The summed E-state index contributed by atoms with van der Waals surface area (Å²) in [6, 6.07) is 7.10. The number of benzene rings is 1. The van der Waals surface area contributed by atoms with Crippen LogP contribution in [0.3, 0.4) is 0 Å². The highest BCUT2D eigenvalue weighted by molar-refractivity contribution is 5.76. The summed E-state index contributed by atoms with van der Waals surface area (Å²) >= 11 is 0. The van der Waals surface area contributed by atoms with Gasteiger partial charge in [-0.05, 0) is 56.3 Å². The summed E-state index contributed by atoms with van der Waals surface area (Å²) < 4.78 is 12.8. The Bertz CT molecular complexity index is 475. The average molecular weight is 320 g/mol. The maximum absolute atomic E-state index is 12.8. The van der Waals surface area contributed by atoms with Crippen molar-refractivity contribution in [2.75, 3.05) is 19.6 Å². The molecule has 0 saturated carbocycles. The summed E-state index contributed by atoms with van der Waals surface area (Å²) in [6.45, 7) is 5.29. The third-order valence-electron chi connectivity index (χ3n) is 4.72. The Hall–Kier alpha value is -1.42. The van der Waals surface area contributed by atoms with E-state index in [-0.39, 0.29) is 11.7 Å². The number of amides is 1. The standard InChI is InChI=1S/C19H29FN2O/c1-2-18-6-3-4-14-22(18)15-5-13-21-19(23)12-9-16-7-10-17(20)11-8-16/h7-8,10-11,18H,2-6,9,12-15H2,1H3,(H,21,23)/t18-/m1/s1. The molecule has 3 nitrogen and oxygen atoms in total. The molecule has 0 unspecified atom stereocenters. The van der Waals surface area contributed by atoms with Crippen LogP contribution in [0.5, 0.6) is 0 Å². The highest BCUT2D eigenvalue weighted by atomic mass is 19.1. The fourth-order valence-electron chi connectivity index (χ4n) is 3.32. The van der Waals surface area contributed by atoms with E-state index in [9.17, 15) is 9.18 Å². The van der Waals surface area contributed by atoms with Crippen LogP contribution < -0.4 is 5.32 Å². The van der Waals surface area contributed by atoms with E-state index in [4.69, 9.17) is 0 Å². The van der Waals surface area contributed by atoms with Gasteiger partial charge in [0.25, 0.3) is 0 Å². The van der Waals surface area contributed by atoms with Gasteiger partial charge in [-0.15, -0.1) is 0 Å². The number of carbonyl (C=O) groups excluding carboxylic acids is 1. The first-order valence-corrected chi connectivity index (χ1v) is 8.94. The maximum atomic E-state index is 12.8. The highest BCUT2D eigenvalue weighted by Gasteiger charge is 2.19. The molecule has 1 aliphatic heterocycles. The Morgan fingerprint density at radius 2 is 2.09 bits per heavy atom. The molecule has 1 atom stereocenters. The lowest BCUT2D eigenvalue weighted by atomic mass is 10.00. The van der Waals surface area contributed by atoms with Crippen molar-refractivity contribution in [1.82, 2.24) is 10.2 Å². The molecule has 1 aliphatic rings. The van der Waals surface area contributed by atoms with Crippen LogP contribution in [0, 0.1) is 5.82 Å². The number of rotatable bonds is 8. The predicted molar refractivity (Wildman–Crippen MR) is 91.9 cm³/mol. The molecule has 23 heavy (non-hydrogen) atoms. The van der Waals surface area contributed by atoms with Crippen molar-refractivity contribution < 1.29 is 9.18 Å². The molecule has 1 amide bonds. The van der Waals surface area contributed by atoms with Crippen LogP contribution in [0.4, 0.5) is 4.39 Å². The van der Waals surface area contributed by atoms with E-state index in [1.807, 2.05) is 0 Å². The van der Waals surface area contributed by atoms with E-state index in [0.29, 0.717) is 12.8 Å². The van der Waals surface area contributed by atoms with E-state index < -0.39 is 0 Å². The zero-order valence-electron chi connectivity index (χ0n) is 14.2. The normalized spacial score (nSPS) is 18.8. The first-order chi connectivity index (χ1) is 11.2. The van der Waals surface area contributed by atoms with Gasteiger partial charge < -0.3 is 10.2 Å². The fourth-order valence-corrected chi connectivity index (χ4v) is 3.32. The molecule has 2 rings (SSSR count). The van der Waals surface area contributed by atoms with Gasteiger partial charge in [0.1, 0.15) is 5.82 Å². The molecule has 4 heteroatoms. The van der Waals surface area contributed by atoms with Crippen LogP contribution in [-0.4, -0.2) is 36.5 Å². The number of hydrogen-bond donors (Lipinski definition) is 1. The van der Waals surface area contributed by atoms with Gasteiger partial charge >= 0.3 is 0 Å². The molecular weight excluding hydrogens is 291 g/mol. The first kappa shape index (κ1) is 17.9. The van der Waals surface area contributed by atoms with Gasteiger partial charge in [-0.25, -0.2) is 4.39 Å². The van der Waals surface area contributed by atoms with Crippen molar-refractivity contribution in [2.45, 2.75) is 57.9 Å². The number of carbonyl (C=O) groups is 1. The quantitative estimate of drug-likeness (QED) is 0.743. The van der Waals surface area contributed by atoms with Gasteiger partial charge in [-0.1, -0.05) is 25.5 Å². The molecule has 1 aromatic rings. The third-order valence-corrected chi connectivity index (χ3v) is 4.72. The Morgan fingerprint density at radius 3 is 2.83 bits per heavy atom. The summed E-state index contributed by atoms with van der Waals surface area (Å²) in [5, 5.41) is 3.00. The van der Waals surface area contributed by atoms with E-state index in [2.05, 4.69) is 17.1 Å². The summed E-state index contributed by atoms with van der Waals surface area (Å²) in [5.41, 5.74) is 1.00. The second-order valence-electron chi connectivity index (χ2n) is 6.42. The lowest BCUT2D eigenvalue weighted by molar-refractivity contribution is -0.121. The SMILES string of the molecule is CC[C@@H]1CCCCN1CCCNC(=O)CCc1ccc(F)cc1. The Labute approximate surface area is 139 Å².